The summed E-state index contributed by atoms with van der Waals surface area (Å²) in [6.07, 6.45) is 8.08. The van der Waals surface area contributed by atoms with Crippen LogP contribution in [0.4, 0.5) is 0 Å². The predicted molar refractivity (Wildman–Crippen MR) is 54.9 cm³/mol. The van der Waals surface area contributed by atoms with Crippen LogP contribution in [0.1, 0.15) is 0 Å². The van der Waals surface area contributed by atoms with Crippen LogP contribution in [0.2, 0.25) is 0 Å². The van der Waals surface area contributed by atoms with Gasteiger partial charge < -0.3 is 14.8 Å². The van der Waals surface area contributed by atoms with Crippen LogP contribution in [0.5, 0.6) is 0 Å². The van der Waals surface area contributed by atoms with Crippen molar-refractivity contribution in [3.63, 3.8) is 0 Å². The zero-order valence-corrected chi connectivity index (χ0v) is 8.45. The molecule has 0 aliphatic heterocycles. The summed E-state index contributed by atoms with van der Waals surface area (Å²) in [4.78, 5) is 0. The van der Waals surface area contributed by atoms with Crippen LogP contribution in [-0.4, -0.2) is 40.5 Å². The van der Waals surface area contributed by atoms with Gasteiger partial charge in [-0.3, -0.25) is 0 Å². The smallest absolute Gasteiger partial charge is 0.0644 e. The third-order valence-corrected chi connectivity index (χ3v) is 1.38. The average molecular weight is 185 g/mol. The Morgan fingerprint density at radius 1 is 0.846 bits per heavy atom. The SMILES string of the molecule is COCC=CCNCC=CCOC. The summed E-state index contributed by atoms with van der Waals surface area (Å²) in [6, 6.07) is 0. The third-order valence-electron chi connectivity index (χ3n) is 1.38. The Morgan fingerprint density at radius 3 is 1.69 bits per heavy atom. The zero-order valence-electron chi connectivity index (χ0n) is 8.45. The van der Waals surface area contributed by atoms with E-state index in [0.717, 1.165) is 13.1 Å². The largest absolute Gasteiger partial charge is 0.381 e. The lowest BCUT2D eigenvalue weighted by Gasteiger charge is -1.95. The van der Waals surface area contributed by atoms with Crippen molar-refractivity contribution >= 4 is 0 Å². The fourth-order valence-electron chi connectivity index (χ4n) is 0.745. The first-order valence-electron chi connectivity index (χ1n) is 4.40. The normalized spacial score (nSPS) is 11.8. The maximum Gasteiger partial charge on any atom is 0.0644 e. The molecule has 0 aromatic heterocycles. The van der Waals surface area contributed by atoms with E-state index >= 15 is 0 Å². The van der Waals surface area contributed by atoms with E-state index in [1.165, 1.54) is 0 Å². The number of ether oxygens (including phenoxy) is 2. The maximum absolute atomic E-state index is 4.86. The van der Waals surface area contributed by atoms with Gasteiger partial charge in [0.1, 0.15) is 0 Å². The highest BCUT2D eigenvalue weighted by molar-refractivity contribution is 4.87. The van der Waals surface area contributed by atoms with Crippen LogP contribution in [-0.2, 0) is 9.47 Å². The Labute approximate surface area is 80.4 Å². The molecule has 3 nitrogen and oxygen atoms in total. The van der Waals surface area contributed by atoms with Gasteiger partial charge in [0.25, 0.3) is 0 Å². The molecule has 0 saturated carbocycles. The van der Waals surface area contributed by atoms with Crippen molar-refractivity contribution in [2.24, 2.45) is 0 Å². The first kappa shape index (κ1) is 12.4. The predicted octanol–water partition coefficient (Wildman–Crippen LogP) is 0.981. The Bertz CT molecular complexity index is 128. The van der Waals surface area contributed by atoms with Gasteiger partial charge >= 0.3 is 0 Å². The highest BCUT2D eigenvalue weighted by Gasteiger charge is 1.77. The third kappa shape index (κ3) is 11.4. The Balaban J connectivity index is 3.07. The van der Waals surface area contributed by atoms with Crippen molar-refractivity contribution in [1.82, 2.24) is 5.32 Å². The molecule has 0 aliphatic carbocycles. The topological polar surface area (TPSA) is 30.5 Å². The van der Waals surface area contributed by atoms with Crippen molar-refractivity contribution in [3.8, 4) is 0 Å². The first-order chi connectivity index (χ1) is 6.41. The molecule has 0 rings (SSSR count). The van der Waals surface area contributed by atoms with Crippen molar-refractivity contribution < 1.29 is 9.47 Å². The molecule has 0 saturated heterocycles. The number of nitrogens with one attached hydrogen (secondary N) is 1. The lowest BCUT2D eigenvalue weighted by atomic mass is 10.4. The molecule has 0 spiro atoms. The summed E-state index contributed by atoms with van der Waals surface area (Å²) in [5.41, 5.74) is 0. The van der Waals surface area contributed by atoms with Gasteiger partial charge in [0.05, 0.1) is 13.2 Å². The molecule has 0 radical (unpaired) electrons. The van der Waals surface area contributed by atoms with E-state index in [0.29, 0.717) is 13.2 Å². The van der Waals surface area contributed by atoms with Gasteiger partial charge in [-0.05, 0) is 0 Å². The van der Waals surface area contributed by atoms with Gasteiger partial charge in [-0.1, -0.05) is 24.3 Å². The molecule has 0 bridgehead atoms. The summed E-state index contributed by atoms with van der Waals surface area (Å²) >= 11 is 0. The number of hydrogen-bond donors (Lipinski definition) is 1. The van der Waals surface area contributed by atoms with E-state index in [1.54, 1.807) is 14.2 Å². The fourth-order valence-corrected chi connectivity index (χ4v) is 0.745. The Hall–Kier alpha value is -0.640. The molecule has 0 atom stereocenters. The minimum atomic E-state index is 0.682. The van der Waals surface area contributed by atoms with Crippen LogP contribution in [0.25, 0.3) is 0 Å². The summed E-state index contributed by atoms with van der Waals surface area (Å²) in [5, 5.41) is 3.22. The highest BCUT2D eigenvalue weighted by Crippen LogP contribution is 1.75. The lowest BCUT2D eigenvalue weighted by molar-refractivity contribution is 0.233. The van der Waals surface area contributed by atoms with Crippen LogP contribution >= 0.6 is 0 Å². The van der Waals surface area contributed by atoms with Crippen molar-refractivity contribution in [2.75, 3.05) is 40.5 Å². The second-order valence-electron chi connectivity index (χ2n) is 2.51. The summed E-state index contributed by atoms with van der Waals surface area (Å²) in [7, 11) is 3.37. The van der Waals surface area contributed by atoms with E-state index < -0.39 is 0 Å². The van der Waals surface area contributed by atoms with Crippen LogP contribution in [0, 0.1) is 0 Å². The molecule has 76 valence electrons. The second kappa shape index (κ2) is 11.4. The molecular formula is C10H19NO2. The van der Waals surface area contributed by atoms with Crippen LogP contribution in [0.3, 0.4) is 0 Å². The monoisotopic (exact) mass is 185 g/mol. The summed E-state index contributed by atoms with van der Waals surface area (Å²) < 4.78 is 9.71. The van der Waals surface area contributed by atoms with Crippen LogP contribution in [0.15, 0.2) is 24.3 Å². The van der Waals surface area contributed by atoms with Gasteiger partial charge in [-0.25, -0.2) is 0 Å². The summed E-state index contributed by atoms with van der Waals surface area (Å²) in [5.74, 6) is 0. The Kier molecular flexibility index (Phi) is 10.8. The molecular weight excluding hydrogens is 166 g/mol. The quantitative estimate of drug-likeness (QED) is 0.452. The fraction of sp³-hybridized carbons (Fsp3) is 0.600. The first-order valence-corrected chi connectivity index (χ1v) is 4.40. The van der Waals surface area contributed by atoms with Crippen molar-refractivity contribution in [2.45, 2.75) is 0 Å². The standard InChI is InChI=1S/C10H19NO2/c1-12-9-5-3-7-11-8-4-6-10-13-2/h3-6,11H,7-10H2,1-2H3. The van der Waals surface area contributed by atoms with Gasteiger partial charge in [-0.2, -0.15) is 0 Å². The number of hydrogen-bond acceptors (Lipinski definition) is 3. The van der Waals surface area contributed by atoms with Gasteiger partial charge in [0.15, 0.2) is 0 Å². The molecule has 1 N–H and O–H groups in total. The molecule has 13 heavy (non-hydrogen) atoms. The van der Waals surface area contributed by atoms with Crippen molar-refractivity contribution in [3.05, 3.63) is 24.3 Å². The zero-order chi connectivity index (χ0) is 9.78. The van der Waals surface area contributed by atoms with Gasteiger partial charge in [0.2, 0.25) is 0 Å². The van der Waals surface area contributed by atoms with E-state index in [4.69, 9.17) is 9.47 Å². The summed E-state index contributed by atoms with van der Waals surface area (Å²) in [6.45, 7) is 3.11. The molecule has 0 amide bonds. The van der Waals surface area contributed by atoms with E-state index in [-0.39, 0.29) is 0 Å². The average Bonchev–Trinajstić information content (AvgIpc) is 2.16. The molecule has 0 aromatic rings. The second-order valence-corrected chi connectivity index (χ2v) is 2.51. The molecule has 0 aliphatic rings. The molecule has 0 unspecified atom stereocenters. The lowest BCUT2D eigenvalue weighted by Crippen LogP contribution is -2.13. The van der Waals surface area contributed by atoms with Gasteiger partial charge in [-0.15, -0.1) is 0 Å². The highest BCUT2D eigenvalue weighted by atomic mass is 16.5. The van der Waals surface area contributed by atoms with Crippen LogP contribution < -0.4 is 5.32 Å². The van der Waals surface area contributed by atoms with E-state index in [1.807, 2.05) is 24.3 Å². The van der Waals surface area contributed by atoms with E-state index in [9.17, 15) is 0 Å². The van der Waals surface area contributed by atoms with E-state index in [2.05, 4.69) is 5.32 Å². The minimum Gasteiger partial charge on any atom is -0.381 e. The number of rotatable bonds is 8. The Morgan fingerprint density at radius 2 is 1.31 bits per heavy atom. The molecule has 0 fully saturated rings. The minimum absolute atomic E-state index is 0.682. The number of methoxy groups -OCH3 is 2. The van der Waals surface area contributed by atoms with Gasteiger partial charge in [0, 0.05) is 27.3 Å². The molecule has 0 heterocycles. The molecule has 0 aromatic carbocycles. The maximum atomic E-state index is 4.86. The molecule has 3 heteroatoms. The van der Waals surface area contributed by atoms with Crippen molar-refractivity contribution in [1.29, 1.82) is 0 Å².